The van der Waals surface area contributed by atoms with Gasteiger partial charge in [-0.1, -0.05) is 17.7 Å². The smallest absolute Gasteiger partial charge is 0.308 e. The van der Waals surface area contributed by atoms with E-state index in [1.807, 2.05) is 6.92 Å². The standard InChI is InChI=1S/C15H17ClFNO3/c1-9-2-3-11(15(20)21)8-18(9)14(19)6-10-4-5-12(17)7-13(10)16/h4-5,7,9,11H,2-3,6,8H2,1H3,(H,20,21)/t9-,11+/m1/s1. The largest absolute Gasteiger partial charge is 0.481 e. The molecule has 2 atom stereocenters. The van der Waals surface area contributed by atoms with Crippen LogP contribution in [0.15, 0.2) is 18.2 Å². The lowest BCUT2D eigenvalue weighted by atomic mass is 9.93. The summed E-state index contributed by atoms with van der Waals surface area (Å²) in [6, 6.07) is 3.92. The van der Waals surface area contributed by atoms with Crippen molar-refractivity contribution in [2.45, 2.75) is 32.2 Å². The van der Waals surface area contributed by atoms with Gasteiger partial charge in [0.25, 0.3) is 0 Å². The zero-order chi connectivity index (χ0) is 15.6. The minimum atomic E-state index is -0.875. The van der Waals surface area contributed by atoms with Crippen molar-refractivity contribution in [3.8, 4) is 0 Å². The van der Waals surface area contributed by atoms with Gasteiger partial charge in [0, 0.05) is 17.6 Å². The van der Waals surface area contributed by atoms with E-state index in [2.05, 4.69) is 0 Å². The van der Waals surface area contributed by atoms with Crippen molar-refractivity contribution in [1.29, 1.82) is 0 Å². The van der Waals surface area contributed by atoms with Crippen molar-refractivity contribution in [1.82, 2.24) is 4.90 Å². The van der Waals surface area contributed by atoms with E-state index in [1.54, 1.807) is 4.90 Å². The first kappa shape index (κ1) is 15.8. The molecule has 1 aliphatic rings. The molecule has 0 spiro atoms. The first-order valence-corrected chi connectivity index (χ1v) is 7.22. The molecule has 0 aliphatic carbocycles. The molecule has 0 radical (unpaired) electrons. The first-order chi connectivity index (χ1) is 9.88. The minimum absolute atomic E-state index is 0.00678. The van der Waals surface area contributed by atoms with E-state index in [0.717, 1.165) is 0 Å². The van der Waals surface area contributed by atoms with E-state index in [1.165, 1.54) is 18.2 Å². The van der Waals surface area contributed by atoms with E-state index < -0.39 is 17.7 Å². The number of carbonyl (C=O) groups excluding carboxylic acids is 1. The summed E-state index contributed by atoms with van der Waals surface area (Å²) >= 11 is 5.92. The fourth-order valence-electron chi connectivity index (χ4n) is 2.59. The average molecular weight is 314 g/mol. The third-order valence-corrected chi connectivity index (χ3v) is 4.26. The zero-order valence-electron chi connectivity index (χ0n) is 11.7. The molecule has 1 heterocycles. The Morgan fingerprint density at radius 1 is 1.43 bits per heavy atom. The van der Waals surface area contributed by atoms with Crippen molar-refractivity contribution in [3.63, 3.8) is 0 Å². The molecule has 114 valence electrons. The molecule has 1 aromatic rings. The summed E-state index contributed by atoms with van der Waals surface area (Å²) in [6.45, 7) is 2.12. The van der Waals surface area contributed by atoms with Crippen LogP contribution in [0, 0.1) is 11.7 Å². The number of hydrogen-bond acceptors (Lipinski definition) is 2. The maximum Gasteiger partial charge on any atom is 0.308 e. The second-order valence-corrected chi connectivity index (χ2v) is 5.83. The Morgan fingerprint density at radius 2 is 2.14 bits per heavy atom. The number of aliphatic carboxylic acids is 1. The van der Waals surface area contributed by atoms with Crippen LogP contribution in [0.3, 0.4) is 0 Å². The van der Waals surface area contributed by atoms with Crippen molar-refractivity contribution >= 4 is 23.5 Å². The molecular weight excluding hydrogens is 297 g/mol. The lowest BCUT2D eigenvalue weighted by Gasteiger charge is -2.36. The summed E-state index contributed by atoms with van der Waals surface area (Å²) in [5.74, 6) is -2.02. The van der Waals surface area contributed by atoms with E-state index in [0.29, 0.717) is 18.4 Å². The molecule has 0 bridgehead atoms. The van der Waals surface area contributed by atoms with Crippen molar-refractivity contribution in [2.75, 3.05) is 6.54 Å². The number of benzene rings is 1. The molecular formula is C15H17ClFNO3. The minimum Gasteiger partial charge on any atom is -0.481 e. The lowest BCUT2D eigenvalue weighted by molar-refractivity contribution is -0.147. The van der Waals surface area contributed by atoms with Gasteiger partial charge in [0.2, 0.25) is 5.91 Å². The van der Waals surface area contributed by atoms with Crippen LogP contribution in [0.25, 0.3) is 0 Å². The van der Waals surface area contributed by atoms with Crippen LogP contribution in [-0.4, -0.2) is 34.5 Å². The summed E-state index contributed by atoms with van der Waals surface area (Å²) in [7, 11) is 0. The van der Waals surface area contributed by atoms with Crippen LogP contribution < -0.4 is 0 Å². The van der Waals surface area contributed by atoms with Gasteiger partial charge >= 0.3 is 5.97 Å². The van der Waals surface area contributed by atoms with E-state index >= 15 is 0 Å². The van der Waals surface area contributed by atoms with Gasteiger partial charge < -0.3 is 10.0 Å². The Morgan fingerprint density at radius 3 is 2.76 bits per heavy atom. The fraction of sp³-hybridized carbons (Fsp3) is 0.467. The van der Waals surface area contributed by atoms with Gasteiger partial charge in [-0.2, -0.15) is 0 Å². The molecule has 1 aromatic carbocycles. The Hall–Kier alpha value is -1.62. The van der Waals surface area contributed by atoms with Crippen molar-refractivity contribution < 1.29 is 19.1 Å². The van der Waals surface area contributed by atoms with Gasteiger partial charge in [-0.15, -0.1) is 0 Å². The Kier molecular flexibility index (Phi) is 4.83. The van der Waals surface area contributed by atoms with Crippen LogP contribution in [-0.2, 0) is 16.0 Å². The normalized spacial score (nSPS) is 22.1. The highest BCUT2D eigenvalue weighted by molar-refractivity contribution is 6.31. The highest BCUT2D eigenvalue weighted by atomic mass is 35.5. The van der Waals surface area contributed by atoms with Crippen molar-refractivity contribution in [2.24, 2.45) is 5.92 Å². The predicted octanol–water partition coefficient (Wildman–Crippen LogP) is 2.73. The number of carbonyl (C=O) groups is 2. The molecule has 1 aliphatic heterocycles. The van der Waals surface area contributed by atoms with Crippen LogP contribution in [0.4, 0.5) is 4.39 Å². The Bertz CT molecular complexity index is 564. The van der Waals surface area contributed by atoms with Gasteiger partial charge in [0.05, 0.1) is 12.3 Å². The molecule has 1 amide bonds. The van der Waals surface area contributed by atoms with Gasteiger partial charge in [0.1, 0.15) is 5.82 Å². The number of amides is 1. The maximum atomic E-state index is 13.0. The monoisotopic (exact) mass is 313 g/mol. The van der Waals surface area contributed by atoms with Gasteiger partial charge in [-0.25, -0.2) is 4.39 Å². The number of rotatable bonds is 3. The summed E-state index contributed by atoms with van der Waals surface area (Å²) < 4.78 is 13.0. The topological polar surface area (TPSA) is 57.6 Å². The highest BCUT2D eigenvalue weighted by Gasteiger charge is 2.32. The first-order valence-electron chi connectivity index (χ1n) is 6.84. The highest BCUT2D eigenvalue weighted by Crippen LogP contribution is 2.24. The summed E-state index contributed by atoms with van der Waals surface area (Å²) in [4.78, 5) is 25.0. The number of nitrogens with zero attached hydrogens (tertiary/aromatic N) is 1. The van der Waals surface area contributed by atoms with Crippen LogP contribution in [0.5, 0.6) is 0 Å². The summed E-state index contributed by atoms with van der Waals surface area (Å²) in [6.07, 6.45) is 1.30. The third kappa shape index (κ3) is 3.73. The van der Waals surface area contributed by atoms with Gasteiger partial charge in [-0.3, -0.25) is 9.59 Å². The number of hydrogen-bond donors (Lipinski definition) is 1. The summed E-state index contributed by atoms with van der Waals surface area (Å²) in [5.41, 5.74) is 0.549. The predicted molar refractivity (Wildman–Crippen MR) is 76.6 cm³/mol. The van der Waals surface area contributed by atoms with Crippen molar-refractivity contribution in [3.05, 3.63) is 34.6 Å². The number of halogens is 2. The molecule has 1 N–H and O–H groups in total. The molecule has 0 aromatic heterocycles. The molecule has 0 saturated carbocycles. The quantitative estimate of drug-likeness (QED) is 0.933. The molecule has 6 heteroatoms. The number of carboxylic acids is 1. The van der Waals surface area contributed by atoms with Gasteiger partial charge in [-0.05, 0) is 37.5 Å². The zero-order valence-corrected chi connectivity index (χ0v) is 12.4. The van der Waals surface area contributed by atoms with Crippen LogP contribution >= 0.6 is 11.6 Å². The Labute approximate surface area is 127 Å². The second kappa shape index (κ2) is 6.43. The van der Waals surface area contributed by atoms with Gasteiger partial charge in [0.15, 0.2) is 0 Å². The van der Waals surface area contributed by atoms with Crippen LogP contribution in [0.2, 0.25) is 5.02 Å². The molecule has 1 fully saturated rings. The number of likely N-dealkylation sites (tertiary alicyclic amines) is 1. The molecule has 2 rings (SSSR count). The van der Waals surface area contributed by atoms with E-state index in [4.69, 9.17) is 16.7 Å². The number of carboxylic acid groups (broad SMARTS) is 1. The molecule has 1 saturated heterocycles. The van der Waals surface area contributed by atoms with E-state index in [9.17, 15) is 14.0 Å². The lowest BCUT2D eigenvalue weighted by Crippen LogP contribution is -2.47. The second-order valence-electron chi connectivity index (χ2n) is 5.42. The molecule has 0 unspecified atom stereocenters. The maximum absolute atomic E-state index is 13.0. The third-order valence-electron chi connectivity index (χ3n) is 3.91. The number of piperidine rings is 1. The fourth-order valence-corrected chi connectivity index (χ4v) is 2.82. The summed E-state index contributed by atoms with van der Waals surface area (Å²) in [5, 5.41) is 9.30. The Balaban J connectivity index is 2.09. The average Bonchev–Trinajstić information content (AvgIpc) is 2.42. The SMILES string of the molecule is C[C@@H]1CC[C@H](C(=O)O)CN1C(=O)Cc1ccc(F)cc1Cl. The molecule has 21 heavy (non-hydrogen) atoms. The van der Waals surface area contributed by atoms with Crippen LogP contribution in [0.1, 0.15) is 25.3 Å². The molecule has 4 nitrogen and oxygen atoms in total. The van der Waals surface area contributed by atoms with E-state index in [-0.39, 0.29) is 29.9 Å².